The highest BCUT2D eigenvalue weighted by atomic mass is 35.5. The molecule has 0 bridgehead atoms. The third-order valence-corrected chi connectivity index (χ3v) is 6.99. The first-order valence-corrected chi connectivity index (χ1v) is 12.6. The van der Waals surface area contributed by atoms with Crippen LogP contribution in [0.4, 0.5) is 0 Å². The maximum Gasteiger partial charge on any atom is 0.326 e. The Morgan fingerprint density at radius 2 is 1.76 bits per heavy atom. The van der Waals surface area contributed by atoms with Crippen molar-refractivity contribution in [3.63, 3.8) is 0 Å². The topological polar surface area (TPSA) is 123 Å². The first-order chi connectivity index (χ1) is 17.4. The van der Waals surface area contributed by atoms with E-state index < -0.39 is 17.9 Å². The first kappa shape index (κ1) is 28.5. The first-order valence-electron chi connectivity index (χ1n) is 12.2. The van der Waals surface area contributed by atoms with Crippen LogP contribution in [0.2, 0.25) is 5.02 Å². The van der Waals surface area contributed by atoms with Gasteiger partial charge in [-0.05, 0) is 55.3 Å². The fourth-order valence-corrected chi connectivity index (χ4v) is 4.82. The van der Waals surface area contributed by atoms with Crippen LogP contribution >= 0.6 is 24.0 Å². The van der Waals surface area contributed by atoms with Gasteiger partial charge in [0.2, 0.25) is 11.8 Å². The standard InChI is InChI=1S/C27H31ClN4O4.ClH/c28-21-7-5-17(6-8-21)19(15-31-26(34)18-9-11-29-12-10-18)14-25(33)32-24(27(35)36)13-20-16-30-23-4-2-1-3-22(20)23;/h1-8,16,18-19,24,29-30H,9-15H2,(H,31,34)(H,32,33)(H,35,36);1H/t19-,24-;/m0./s1. The van der Waals surface area contributed by atoms with Crippen LogP contribution in [0.1, 0.15) is 36.3 Å². The summed E-state index contributed by atoms with van der Waals surface area (Å²) in [6.45, 7) is 1.90. The summed E-state index contributed by atoms with van der Waals surface area (Å²) in [6, 6.07) is 13.7. The molecule has 4 rings (SSSR count). The molecule has 10 heteroatoms. The monoisotopic (exact) mass is 546 g/mol. The zero-order valence-electron chi connectivity index (χ0n) is 20.3. The number of hydrogen-bond acceptors (Lipinski definition) is 4. The molecule has 0 radical (unpaired) electrons. The summed E-state index contributed by atoms with van der Waals surface area (Å²) in [5.74, 6) is -1.87. The molecule has 1 fully saturated rings. The molecule has 37 heavy (non-hydrogen) atoms. The van der Waals surface area contributed by atoms with Gasteiger partial charge in [0.1, 0.15) is 6.04 Å². The second-order valence-electron chi connectivity index (χ2n) is 9.24. The zero-order valence-corrected chi connectivity index (χ0v) is 21.9. The molecule has 8 nitrogen and oxygen atoms in total. The normalized spacial score (nSPS) is 15.4. The minimum atomic E-state index is -1.10. The Bertz CT molecular complexity index is 1210. The third-order valence-electron chi connectivity index (χ3n) is 6.74. The molecule has 1 aliphatic rings. The Morgan fingerprint density at radius 1 is 1.05 bits per heavy atom. The van der Waals surface area contributed by atoms with Gasteiger partial charge in [0.15, 0.2) is 0 Å². The van der Waals surface area contributed by atoms with E-state index in [1.165, 1.54) is 0 Å². The summed E-state index contributed by atoms with van der Waals surface area (Å²) in [5, 5.41) is 20.2. The molecular formula is C27H32Cl2N4O4. The Balaban J connectivity index is 0.00000380. The SMILES string of the molecule is Cl.O=C(C[C@@H](CNC(=O)C1CCNCC1)c1ccc(Cl)cc1)N[C@@H](Cc1c[nH]c2ccccc12)C(=O)O. The van der Waals surface area contributed by atoms with E-state index in [0.29, 0.717) is 5.02 Å². The molecule has 0 spiro atoms. The number of benzene rings is 2. The average Bonchev–Trinajstić information content (AvgIpc) is 3.29. The van der Waals surface area contributed by atoms with Crippen molar-refractivity contribution in [2.24, 2.45) is 5.92 Å². The van der Waals surface area contributed by atoms with E-state index in [4.69, 9.17) is 11.6 Å². The number of carboxylic acid groups (broad SMARTS) is 1. The number of aromatic amines is 1. The van der Waals surface area contributed by atoms with E-state index in [-0.39, 0.29) is 49.5 Å². The number of carbonyl (C=O) groups is 3. The molecule has 0 saturated carbocycles. The molecule has 2 atom stereocenters. The molecule has 198 valence electrons. The largest absolute Gasteiger partial charge is 0.480 e. The predicted molar refractivity (Wildman–Crippen MR) is 146 cm³/mol. The van der Waals surface area contributed by atoms with E-state index in [2.05, 4.69) is 20.9 Å². The van der Waals surface area contributed by atoms with Gasteiger partial charge in [-0.25, -0.2) is 4.79 Å². The van der Waals surface area contributed by atoms with Crippen LogP contribution in [-0.4, -0.2) is 53.6 Å². The molecule has 0 unspecified atom stereocenters. The van der Waals surface area contributed by atoms with Crippen molar-refractivity contribution < 1.29 is 19.5 Å². The van der Waals surface area contributed by atoms with Gasteiger partial charge in [-0.1, -0.05) is 41.9 Å². The maximum absolute atomic E-state index is 13.0. The Kier molecular flexibility index (Phi) is 10.4. The van der Waals surface area contributed by atoms with Gasteiger partial charge in [0.05, 0.1) is 0 Å². The molecule has 1 aromatic heterocycles. The molecule has 1 saturated heterocycles. The van der Waals surface area contributed by atoms with Crippen molar-refractivity contribution in [3.05, 3.63) is 70.9 Å². The van der Waals surface area contributed by atoms with E-state index >= 15 is 0 Å². The summed E-state index contributed by atoms with van der Waals surface area (Å²) in [7, 11) is 0. The maximum atomic E-state index is 13.0. The summed E-state index contributed by atoms with van der Waals surface area (Å²) in [6.07, 6.45) is 3.53. The van der Waals surface area contributed by atoms with Crippen LogP contribution in [0.5, 0.6) is 0 Å². The van der Waals surface area contributed by atoms with Crippen molar-refractivity contribution in [3.8, 4) is 0 Å². The summed E-state index contributed by atoms with van der Waals surface area (Å²) in [4.78, 5) is 40.8. The summed E-state index contributed by atoms with van der Waals surface area (Å²) < 4.78 is 0. The zero-order chi connectivity index (χ0) is 25.5. The fraction of sp³-hybridized carbons (Fsp3) is 0.370. The smallest absolute Gasteiger partial charge is 0.326 e. The number of rotatable bonds is 10. The van der Waals surface area contributed by atoms with Gasteiger partial charge in [-0.15, -0.1) is 12.4 Å². The highest BCUT2D eigenvalue weighted by Crippen LogP contribution is 2.23. The van der Waals surface area contributed by atoms with Crippen LogP contribution in [0.3, 0.4) is 0 Å². The number of fused-ring (bicyclic) bond motifs is 1. The number of nitrogens with one attached hydrogen (secondary N) is 4. The number of halogens is 2. The van der Waals surface area contributed by atoms with Gasteiger partial charge >= 0.3 is 5.97 Å². The molecule has 2 aromatic carbocycles. The lowest BCUT2D eigenvalue weighted by Gasteiger charge is -2.24. The van der Waals surface area contributed by atoms with Gasteiger partial charge in [-0.3, -0.25) is 9.59 Å². The number of amides is 2. The average molecular weight is 547 g/mol. The fourth-order valence-electron chi connectivity index (χ4n) is 4.69. The van der Waals surface area contributed by atoms with E-state index in [1.54, 1.807) is 18.3 Å². The molecule has 1 aliphatic heterocycles. The molecule has 2 amide bonds. The number of hydrogen-bond donors (Lipinski definition) is 5. The molecular weight excluding hydrogens is 515 g/mol. The minimum Gasteiger partial charge on any atom is -0.480 e. The number of aromatic nitrogens is 1. The Hall–Kier alpha value is -3.07. The van der Waals surface area contributed by atoms with Crippen LogP contribution in [0.15, 0.2) is 54.7 Å². The lowest BCUT2D eigenvalue weighted by atomic mass is 9.93. The summed E-state index contributed by atoms with van der Waals surface area (Å²) >= 11 is 6.04. The number of aliphatic carboxylic acids is 1. The second kappa shape index (κ2) is 13.5. The van der Waals surface area contributed by atoms with Crippen molar-refractivity contribution in [2.75, 3.05) is 19.6 Å². The van der Waals surface area contributed by atoms with Gasteiger partial charge in [0, 0.05) is 53.3 Å². The van der Waals surface area contributed by atoms with Crippen LogP contribution in [-0.2, 0) is 20.8 Å². The molecule has 0 aliphatic carbocycles. The van der Waals surface area contributed by atoms with Gasteiger partial charge in [0.25, 0.3) is 0 Å². The predicted octanol–water partition coefficient (Wildman–Crippen LogP) is 3.64. The van der Waals surface area contributed by atoms with Crippen LogP contribution < -0.4 is 16.0 Å². The van der Waals surface area contributed by atoms with Crippen molar-refractivity contribution in [1.29, 1.82) is 0 Å². The van der Waals surface area contributed by atoms with Crippen molar-refractivity contribution in [2.45, 2.75) is 37.6 Å². The van der Waals surface area contributed by atoms with Gasteiger partial charge < -0.3 is 26.0 Å². The summed E-state index contributed by atoms with van der Waals surface area (Å²) in [5.41, 5.74) is 2.58. The van der Waals surface area contributed by atoms with Crippen molar-refractivity contribution >= 4 is 52.7 Å². The Labute approximate surface area is 227 Å². The molecule has 5 N–H and O–H groups in total. The molecule has 3 aromatic rings. The van der Waals surface area contributed by atoms with Gasteiger partial charge in [-0.2, -0.15) is 0 Å². The number of carboxylic acids is 1. The van der Waals surface area contributed by atoms with E-state index in [1.807, 2.05) is 36.4 Å². The van der Waals surface area contributed by atoms with Crippen LogP contribution in [0, 0.1) is 5.92 Å². The van der Waals surface area contributed by atoms with E-state index in [9.17, 15) is 19.5 Å². The Morgan fingerprint density at radius 3 is 2.46 bits per heavy atom. The van der Waals surface area contributed by atoms with Crippen LogP contribution in [0.25, 0.3) is 10.9 Å². The van der Waals surface area contributed by atoms with E-state index in [0.717, 1.165) is 48.0 Å². The minimum absolute atomic E-state index is 0. The number of carbonyl (C=O) groups excluding carboxylic acids is 2. The quantitative estimate of drug-likeness (QED) is 0.265. The number of H-pyrrole nitrogens is 1. The lowest BCUT2D eigenvalue weighted by molar-refractivity contribution is -0.141. The number of piperidine rings is 1. The third kappa shape index (κ3) is 7.71. The number of para-hydroxylation sites is 1. The second-order valence-corrected chi connectivity index (χ2v) is 9.68. The highest BCUT2D eigenvalue weighted by Gasteiger charge is 2.26. The van der Waals surface area contributed by atoms with Crippen molar-refractivity contribution in [1.82, 2.24) is 20.9 Å². The highest BCUT2D eigenvalue weighted by molar-refractivity contribution is 6.30. The lowest BCUT2D eigenvalue weighted by Crippen LogP contribution is -2.44. The molecule has 2 heterocycles.